The van der Waals surface area contributed by atoms with Crippen molar-refractivity contribution < 1.29 is 23.9 Å². The SMILES string of the molecule is C=CCOc1ccc(C=C2C(=O)NC(=O)N(C3CCCCC3)C2=O)cc1OCC. The molecule has 0 aromatic heterocycles. The molecule has 2 fully saturated rings. The topological polar surface area (TPSA) is 84.9 Å². The monoisotopic (exact) mass is 398 g/mol. The summed E-state index contributed by atoms with van der Waals surface area (Å²) < 4.78 is 11.2. The fourth-order valence-corrected chi connectivity index (χ4v) is 3.66. The Morgan fingerprint density at radius 3 is 2.59 bits per heavy atom. The summed E-state index contributed by atoms with van der Waals surface area (Å²) in [6, 6.07) is 4.36. The van der Waals surface area contributed by atoms with Crippen LogP contribution in [0.1, 0.15) is 44.6 Å². The standard InChI is InChI=1S/C22H26N2O5/c1-3-12-29-18-11-10-15(14-19(18)28-4-2)13-17-20(25)23-22(27)24(21(17)26)16-8-6-5-7-9-16/h3,10-11,13-14,16H,1,4-9,12H2,2H3,(H,23,25,27). The zero-order valence-corrected chi connectivity index (χ0v) is 16.6. The van der Waals surface area contributed by atoms with Gasteiger partial charge in [0.05, 0.1) is 6.61 Å². The fourth-order valence-electron chi connectivity index (χ4n) is 3.66. The lowest BCUT2D eigenvalue weighted by Gasteiger charge is -2.35. The Morgan fingerprint density at radius 1 is 1.14 bits per heavy atom. The van der Waals surface area contributed by atoms with Crippen LogP contribution in [-0.2, 0) is 9.59 Å². The van der Waals surface area contributed by atoms with E-state index in [0.717, 1.165) is 32.1 Å². The predicted octanol–water partition coefficient (Wildman–Crippen LogP) is 3.44. The van der Waals surface area contributed by atoms with E-state index >= 15 is 0 Å². The summed E-state index contributed by atoms with van der Waals surface area (Å²) in [5.74, 6) is -0.174. The Hall–Kier alpha value is -3.09. The lowest BCUT2D eigenvalue weighted by molar-refractivity contribution is -0.132. The molecule has 4 amide bonds. The highest BCUT2D eigenvalue weighted by atomic mass is 16.5. The molecule has 29 heavy (non-hydrogen) atoms. The maximum atomic E-state index is 13.0. The van der Waals surface area contributed by atoms with Crippen LogP contribution in [0.5, 0.6) is 11.5 Å². The number of rotatable bonds is 7. The van der Waals surface area contributed by atoms with Crippen LogP contribution in [0.25, 0.3) is 6.08 Å². The number of carbonyl (C=O) groups excluding carboxylic acids is 3. The minimum Gasteiger partial charge on any atom is -0.490 e. The van der Waals surface area contributed by atoms with E-state index in [4.69, 9.17) is 9.47 Å². The molecule has 0 bridgehead atoms. The van der Waals surface area contributed by atoms with Gasteiger partial charge in [-0.2, -0.15) is 0 Å². The van der Waals surface area contributed by atoms with E-state index in [-0.39, 0.29) is 11.6 Å². The van der Waals surface area contributed by atoms with Crippen molar-refractivity contribution in [2.24, 2.45) is 0 Å². The van der Waals surface area contributed by atoms with Gasteiger partial charge in [0, 0.05) is 6.04 Å². The number of amides is 4. The number of hydrogen-bond donors (Lipinski definition) is 1. The number of nitrogens with zero attached hydrogens (tertiary/aromatic N) is 1. The molecule has 1 aliphatic carbocycles. The molecule has 1 aliphatic heterocycles. The average molecular weight is 398 g/mol. The minimum atomic E-state index is -0.683. The van der Waals surface area contributed by atoms with E-state index < -0.39 is 17.8 Å². The highest BCUT2D eigenvalue weighted by molar-refractivity contribution is 6.31. The second-order valence-electron chi connectivity index (χ2n) is 7.02. The minimum absolute atomic E-state index is 0.0580. The second kappa shape index (κ2) is 9.41. The van der Waals surface area contributed by atoms with Crippen LogP contribution < -0.4 is 14.8 Å². The van der Waals surface area contributed by atoms with Crippen molar-refractivity contribution in [3.63, 3.8) is 0 Å². The lowest BCUT2D eigenvalue weighted by atomic mass is 9.93. The van der Waals surface area contributed by atoms with Gasteiger partial charge < -0.3 is 9.47 Å². The van der Waals surface area contributed by atoms with E-state index in [1.54, 1.807) is 24.3 Å². The molecule has 1 saturated carbocycles. The number of ether oxygens (including phenoxy) is 2. The quantitative estimate of drug-likeness (QED) is 0.432. The third-order valence-electron chi connectivity index (χ3n) is 5.01. The molecule has 1 aromatic carbocycles. The van der Waals surface area contributed by atoms with Crippen molar-refractivity contribution >= 4 is 23.9 Å². The third kappa shape index (κ3) is 4.67. The number of barbiturate groups is 1. The Morgan fingerprint density at radius 2 is 1.90 bits per heavy atom. The summed E-state index contributed by atoms with van der Waals surface area (Å²) in [5, 5.41) is 2.30. The molecule has 1 aromatic rings. The molecule has 0 spiro atoms. The number of imide groups is 2. The molecule has 2 aliphatic rings. The Bertz CT molecular complexity index is 840. The van der Waals surface area contributed by atoms with Gasteiger partial charge in [0.2, 0.25) is 0 Å². The molecule has 1 heterocycles. The molecular weight excluding hydrogens is 372 g/mol. The summed E-state index contributed by atoms with van der Waals surface area (Å²) in [5.41, 5.74) is 0.549. The summed E-state index contributed by atoms with van der Waals surface area (Å²) >= 11 is 0. The van der Waals surface area contributed by atoms with E-state index in [2.05, 4.69) is 11.9 Å². The summed E-state index contributed by atoms with van der Waals surface area (Å²) in [6.07, 6.45) is 7.70. The van der Waals surface area contributed by atoms with Crippen LogP contribution in [0.3, 0.4) is 0 Å². The van der Waals surface area contributed by atoms with Crippen LogP contribution >= 0.6 is 0 Å². The number of carbonyl (C=O) groups is 3. The van der Waals surface area contributed by atoms with E-state index in [1.165, 1.54) is 11.0 Å². The van der Waals surface area contributed by atoms with Gasteiger partial charge in [-0.15, -0.1) is 0 Å². The zero-order valence-electron chi connectivity index (χ0n) is 16.6. The molecule has 3 rings (SSSR count). The highest BCUT2D eigenvalue weighted by Gasteiger charge is 2.40. The number of urea groups is 1. The number of nitrogens with one attached hydrogen (secondary N) is 1. The molecule has 154 valence electrons. The molecule has 0 unspecified atom stereocenters. The largest absolute Gasteiger partial charge is 0.490 e. The third-order valence-corrected chi connectivity index (χ3v) is 5.01. The normalized spacial score (nSPS) is 19.3. The van der Waals surface area contributed by atoms with Gasteiger partial charge in [-0.25, -0.2) is 4.79 Å². The zero-order chi connectivity index (χ0) is 20.8. The van der Waals surface area contributed by atoms with Crippen molar-refractivity contribution in [2.75, 3.05) is 13.2 Å². The van der Waals surface area contributed by atoms with Crippen molar-refractivity contribution in [1.82, 2.24) is 10.2 Å². The van der Waals surface area contributed by atoms with Crippen LogP contribution in [0, 0.1) is 0 Å². The first kappa shape index (κ1) is 20.6. The first-order chi connectivity index (χ1) is 14.0. The van der Waals surface area contributed by atoms with Crippen molar-refractivity contribution in [3.8, 4) is 11.5 Å². The van der Waals surface area contributed by atoms with Crippen molar-refractivity contribution in [3.05, 3.63) is 42.0 Å². The maximum absolute atomic E-state index is 13.0. The molecule has 7 nitrogen and oxygen atoms in total. The Balaban J connectivity index is 1.89. The summed E-state index contributed by atoms with van der Waals surface area (Å²) in [7, 11) is 0. The number of benzene rings is 1. The van der Waals surface area contributed by atoms with E-state index in [0.29, 0.717) is 30.3 Å². The first-order valence-electron chi connectivity index (χ1n) is 9.96. The lowest BCUT2D eigenvalue weighted by Crippen LogP contribution is -2.58. The van der Waals surface area contributed by atoms with Crippen molar-refractivity contribution in [1.29, 1.82) is 0 Å². The molecule has 0 radical (unpaired) electrons. The van der Waals surface area contributed by atoms with E-state index in [9.17, 15) is 14.4 Å². The van der Waals surface area contributed by atoms with E-state index in [1.807, 2.05) is 6.92 Å². The Labute approximate surface area is 170 Å². The van der Waals surface area contributed by atoms with Gasteiger partial charge in [0.15, 0.2) is 11.5 Å². The molecule has 1 N–H and O–H groups in total. The van der Waals surface area contributed by atoms with Crippen LogP contribution in [0.2, 0.25) is 0 Å². The van der Waals surface area contributed by atoms with Gasteiger partial charge in [0.25, 0.3) is 11.8 Å². The Kier molecular flexibility index (Phi) is 6.69. The van der Waals surface area contributed by atoms with Gasteiger partial charge in [-0.1, -0.05) is 38.0 Å². The van der Waals surface area contributed by atoms with Crippen LogP contribution in [-0.4, -0.2) is 42.0 Å². The number of hydrogen-bond acceptors (Lipinski definition) is 5. The fraction of sp³-hybridized carbons (Fsp3) is 0.409. The first-order valence-corrected chi connectivity index (χ1v) is 9.96. The second-order valence-corrected chi connectivity index (χ2v) is 7.02. The maximum Gasteiger partial charge on any atom is 0.331 e. The summed E-state index contributed by atoms with van der Waals surface area (Å²) in [6.45, 7) is 6.25. The molecule has 7 heteroatoms. The van der Waals surface area contributed by atoms with Crippen LogP contribution in [0.4, 0.5) is 4.79 Å². The van der Waals surface area contributed by atoms with Gasteiger partial charge in [-0.05, 0) is 43.5 Å². The smallest absolute Gasteiger partial charge is 0.331 e. The van der Waals surface area contributed by atoms with Crippen LogP contribution in [0.15, 0.2) is 36.4 Å². The van der Waals surface area contributed by atoms with Crippen molar-refractivity contribution in [2.45, 2.75) is 45.1 Å². The summed E-state index contributed by atoms with van der Waals surface area (Å²) in [4.78, 5) is 38.8. The molecule has 0 atom stereocenters. The van der Waals surface area contributed by atoms with Gasteiger partial charge >= 0.3 is 6.03 Å². The highest BCUT2D eigenvalue weighted by Crippen LogP contribution is 2.31. The average Bonchev–Trinajstić information content (AvgIpc) is 2.71. The van der Waals surface area contributed by atoms with Gasteiger partial charge in [0.1, 0.15) is 12.2 Å². The molecular formula is C22H26N2O5. The molecule has 1 saturated heterocycles. The van der Waals surface area contributed by atoms with Gasteiger partial charge in [-0.3, -0.25) is 19.8 Å². The predicted molar refractivity (Wildman–Crippen MR) is 109 cm³/mol.